The fraction of sp³-hybridized carbons (Fsp3) is 0.211. The Bertz CT molecular complexity index is 834. The van der Waals surface area contributed by atoms with Crippen molar-refractivity contribution in [2.45, 2.75) is 18.4 Å². The molecule has 3 N–H and O–H groups in total. The highest BCUT2D eigenvalue weighted by Crippen LogP contribution is 2.42. The molecule has 0 fully saturated rings. The first-order valence-corrected chi connectivity index (χ1v) is 7.94. The second-order valence-corrected chi connectivity index (χ2v) is 6.02. The highest BCUT2D eigenvalue weighted by atomic mass is 16.3. The quantitative estimate of drug-likeness (QED) is 0.777. The van der Waals surface area contributed by atoms with Crippen LogP contribution < -0.4 is 10.6 Å². The van der Waals surface area contributed by atoms with Crippen LogP contribution in [0.2, 0.25) is 0 Å². The predicted molar refractivity (Wildman–Crippen MR) is 91.9 cm³/mol. The van der Waals surface area contributed by atoms with E-state index in [2.05, 4.69) is 0 Å². The van der Waals surface area contributed by atoms with Gasteiger partial charge in [0.2, 0.25) is 5.91 Å². The normalized spacial score (nSPS) is 18.9. The van der Waals surface area contributed by atoms with Crippen LogP contribution in [0.5, 0.6) is 0 Å². The van der Waals surface area contributed by atoms with E-state index in [-0.39, 0.29) is 25.2 Å². The molecule has 0 unspecified atom stereocenters. The first-order valence-electron chi connectivity index (χ1n) is 7.94. The van der Waals surface area contributed by atoms with Crippen molar-refractivity contribution in [3.8, 4) is 0 Å². The van der Waals surface area contributed by atoms with E-state index >= 15 is 0 Å². The molecule has 128 valence electrons. The van der Waals surface area contributed by atoms with E-state index in [1.807, 2.05) is 0 Å². The fourth-order valence-corrected chi connectivity index (χ4v) is 3.08. The third kappa shape index (κ3) is 3.04. The summed E-state index contributed by atoms with van der Waals surface area (Å²) in [5, 5.41) is 11.1. The fourth-order valence-electron chi connectivity index (χ4n) is 3.08. The maximum atomic E-state index is 12.8. The third-order valence-electron chi connectivity index (χ3n) is 4.33. The first-order chi connectivity index (χ1) is 11.9. The number of anilines is 1. The maximum Gasteiger partial charge on any atom is 0.264 e. The van der Waals surface area contributed by atoms with E-state index < -0.39 is 17.4 Å². The minimum absolute atomic E-state index is 0.0250. The summed E-state index contributed by atoms with van der Waals surface area (Å²) >= 11 is 0. The van der Waals surface area contributed by atoms with Crippen LogP contribution in [0.3, 0.4) is 0 Å². The number of ketones is 1. The van der Waals surface area contributed by atoms with Crippen LogP contribution in [0.1, 0.15) is 28.8 Å². The summed E-state index contributed by atoms with van der Waals surface area (Å²) < 4.78 is 0. The zero-order chi connectivity index (χ0) is 18.0. The minimum Gasteiger partial charge on any atom is -0.375 e. The zero-order valence-electron chi connectivity index (χ0n) is 13.5. The average molecular weight is 338 g/mol. The summed E-state index contributed by atoms with van der Waals surface area (Å²) in [6.45, 7) is 0.0625. The molecule has 6 heteroatoms. The summed E-state index contributed by atoms with van der Waals surface area (Å²) in [6.07, 6.45) is -0.386. The van der Waals surface area contributed by atoms with Crippen LogP contribution in [-0.2, 0) is 15.2 Å². The molecule has 0 aromatic heterocycles. The lowest BCUT2D eigenvalue weighted by Crippen LogP contribution is -2.42. The molecule has 0 saturated carbocycles. The molecule has 1 aliphatic heterocycles. The van der Waals surface area contributed by atoms with Crippen molar-refractivity contribution in [1.29, 1.82) is 0 Å². The van der Waals surface area contributed by atoms with Crippen LogP contribution in [0.15, 0.2) is 54.6 Å². The van der Waals surface area contributed by atoms with Crippen LogP contribution in [0.4, 0.5) is 5.69 Å². The van der Waals surface area contributed by atoms with Crippen molar-refractivity contribution < 1.29 is 19.5 Å². The molecule has 2 amide bonds. The Morgan fingerprint density at radius 3 is 2.36 bits per heavy atom. The van der Waals surface area contributed by atoms with Gasteiger partial charge in [-0.05, 0) is 6.07 Å². The lowest BCUT2D eigenvalue weighted by Gasteiger charge is -2.22. The molecule has 0 spiro atoms. The number of benzene rings is 2. The van der Waals surface area contributed by atoms with Crippen molar-refractivity contribution >= 4 is 23.3 Å². The average Bonchev–Trinajstić information content (AvgIpc) is 2.82. The second-order valence-electron chi connectivity index (χ2n) is 6.02. The number of Topliss-reactive ketones (excluding diaryl/α,β-unsaturated/α-hetero) is 1. The molecule has 3 rings (SSSR count). The predicted octanol–water partition coefficient (Wildman–Crippen LogP) is 1.37. The Morgan fingerprint density at radius 1 is 1.04 bits per heavy atom. The van der Waals surface area contributed by atoms with Gasteiger partial charge >= 0.3 is 0 Å². The van der Waals surface area contributed by atoms with Crippen LogP contribution in [-0.4, -0.2) is 29.2 Å². The summed E-state index contributed by atoms with van der Waals surface area (Å²) in [4.78, 5) is 37.7. The molecule has 1 atom stereocenters. The molecule has 0 radical (unpaired) electrons. The molecular weight excluding hydrogens is 320 g/mol. The Morgan fingerprint density at radius 2 is 1.68 bits per heavy atom. The van der Waals surface area contributed by atoms with E-state index in [0.29, 0.717) is 16.8 Å². The van der Waals surface area contributed by atoms with Crippen molar-refractivity contribution in [3.63, 3.8) is 0 Å². The Hall–Kier alpha value is -2.99. The Balaban J connectivity index is 1.93. The van der Waals surface area contributed by atoms with E-state index in [0.717, 1.165) is 0 Å². The number of nitrogens with two attached hydrogens (primary N) is 1. The molecule has 2 aromatic carbocycles. The van der Waals surface area contributed by atoms with Gasteiger partial charge in [-0.2, -0.15) is 0 Å². The number of carbonyl (C=O) groups is 3. The van der Waals surface area contributed by atoms with Gasteiger partial charge in [-0.15, -0.1) is 0 Å². The van der Waals surface area contributed by atoms with E-state index in [1.54, 1.807) is 54.6 Å². The number of hydrogen-bond donors (Lipinski definition) is 2. The summed E-state index contributed by atoms with van der Waals surface area (Å²) in [7, 11) is 0. The number of nitrogens with zero attached hydrogens (tertiary/aromatic N) is 1. The van der Waals surface area contributed by atoms with Crippen molar-refractivity contribution in [2.24, 2.45) is 5.73 Å². The first kappa shape index (κ1) is 16.9. The molecule has 0 saturated heterocycles. The Kier molecular flexibility index (Phi) is 4.37. The van der Waals surface area contributed by atoms with Gasteiger partial charge in [-0.3, -0.25) is 14.4 Å². The van der Waals surface area contributed by atoms with Crippen LogP contribution >= 0.6 is 0 Å². The maximum absolute atomic E-state index is 12.8. The van der Waals surface area contributed by atoms with Gasteiger partial charge in [0.25, 0.3) is 5.91 Å². The van der Waals surface area contributed by atoms with E-state index in [1.165, 1.54) is 4.90 Å². The number of hydrogen-bond acceptors (Lipinski definition) is 4. The van der Waals surface area contributed by atoms with Gasteiger partial charge in [-0.25, -0.2) is 0 Å². The highest BCUT2D eigenvalue weighted by molar-refractivity contribution is 6.10. The summed E-state index contributed by atoms with van der Waals surface area (Å²) in [5.74, 6) is -1.48. The lowest BCUT2D eigenvalue weighted by molar-refractivity contribution is -0.135. The number of rotatable bonds is 6. The molecule has 25 heavy (non-hydrogen) atoms. The molecule has 1 aliphatic rings. The van der Waals surface area contributed by atoms with E-state index in [9.17, 15) is 19.5 Å². The number of fused-ring (bicyclic) bond motifs is 1. The minimum atomic E-state index is -1.94. The molecule has 0 aliphatic carbocycles. The summed E-state index contributed by atoms with van der Waals surface area (Å²) in [6, 6.07) is 15.2. The SMILES string of the molecule is NC(=O)CCN1C(=O)[C@](O)(CC(=O)c2ccccc2)c2ccccc21. The van der Waals surface area contributed by atoms with Gasteiger partial charge in [0.05, 0.1) is 12.1 Å². The number of aliphatic hydroxyl groups is 1. The highest BCUT2D eigenvalue weighted by Gasteiger charge is 2.50. The largest absolute Gasteiger partial charge is 0.375 e. The van der Waals surface area contributed by atoms with Crippen LogP contribution in [0, 0.1) is 0 Å². The monoisotopic (exact) mass is 338 g/mol. The third-order valence-corrected chi connectivity index (χ3v) is 4.33. The van der Waals surface area contributed by atoms with Gasteiger partial charge in [0.15, 0.2) is 11.4 Å². The topological polar surface area (TPSA) is 101 Å². The standard InChI is InChI=1S/C19H18N2O4/c20-17(23)10-11-21-15-9-5-4-8-14(15)19(25,18(21)24)12-16(22)13-6-2-1-3-7-13/h1-9,25H,10-12H2,(H2,20,23)/t19-/m0/s1. The Labute approximate surface area is 144 Å². The lowest BCUT2D eigenvalue weighted by atomic mass is 9.88. The van der Waals surface area contributed by atoms with Gasteiger partial charge in [0.1, 0.15) is 0 Å². The molecule has 6 nitrogen and oxygen atoms in total. The number of para-hydroxylation sites is 1. The zero-order valence-corrected chi connectivity index (χ0v) is 13.5. The number of amides is 2. The smallest absolute Gasteiger partial charge is 0.264 e. The van der Waals surface area contributed by atoms with Gasteiger partial charge in [0, 0.05) is 24.1 Å². The van der Waals surface area contributed by atoms with Crippen LogP contribution in [0.25, 0.3) is 0 Å². The summed E-state index contributed by atoms with van der Waals surface area (Å²) in [5.41, 5.74) is 4.52. The van der Waals surface area contributed by atoms with E-state index in [4.69, 9.17) is 5.73 Å². The van der Waals surface area contributed by atoms with Crippen molar-refractivity contribution in [1.82, 2.24) is 0 Å². The van der Waals surface area contributed by atoms with Crippen molar-refractivity contribution in [2.75, 3.05) is 11.4 Å². The number of primary amides is 1. The van der Waals surface area contributed by atoms with Crippen molar-refractivity contribution in [3.05, 3.63) is 65.7 Å². The molecular formula is C19H18N2O4. The molecule has 0 bridgehead atoms. The molecule has 1 heterocycles. The molecule has 2 aromatic rings. The number of carbonyl (C=O) groups excluding carboxylic acids is 3. The van der Waals surface area contributed by atoms with Gasteiger partial charge < -0.3 is 15.7 Å². The van der Waals surface area contributed by atoms with Gasteiger partial charge in [-0.1, -0.05) is 48.5 Å². The second kappa shape index (κ2) is 6.49.